The molecule has 0 radical (unpaired) electrons. The Bertz CT molecular complexity index is 524. The molecule has 110 valence electrons. The molecule has 1 aromatic carbocycles. The summed E-state index contributed by atoms with van der Waals surface area (Å²) >= 11 is 5.76. The predicted molar refractivity (Wildman–Crippen MR) is 69.2 cm³/mol. The number of carbonyl (C=O) groups excluding carboxylic acids is 1. The highest BCUT2D eigenvalue weighted by Gasteiger charge is 2.44. The Morgan fingerprint density at radius 2 is 2.20 bits per heavy atom. The number of halogens is 3. The van der Waals surface area contributed by atoms with Crippen LogP contribution in [0.25, 0.3) is 0 Å². The van der Waals surface area contributed by atoms with Crippen LogP contribution < -0.4 is 0 Å². The number of piperidine rings is 1. The van der Waals surface area contributed by atoms with Crippen molar-refractivity contribution in [3.05, 3.63) is 28.8 Å². The number of phenols is 1. The molecule has 1 atom stereocenters. The van der Waals surface area contributed by atoms with E-state index in [1.165, 1.54) is 23.1 Å². The van der Waals surface area contributed by atoms with E-state index in [1.54, 1.807) is 0 Å². The minimum atomic E-state index is -2.98. The molecule has 1 aliphatic rings. The highest BCUT2D eigenvalue weighted by Crippen LogP contribution is 2.34. The Kier molecular flexibility index (Phi) is 4.15. The summed E-state index contributed by atoms with van der Waals surface area (Å²) in [5.74, 6) is -5.10. The van der Waals surface area contributed by atoms with Crippen molar-refractivity contribution in [2.75, 3.05) is 19.7 Å². The van der Waals surface area contributed by atoms with E-state index in [0.717, 1.165) is 0 Å². The molecule has 0 aliphatic carbocycles. The van der Waals surface area contributed by atoms with Crippen LogP contribution in [0.3, 0.4) is 0 Å². The molecule has 1 aromatic rings. The van der Waals surface area contributed by atoms with Gasteiger partial charge in [0.15, 0.2) is 0 Å². The number of hydrogen-bond donors (Lipinski definition) is 2. The summed E-state index contributed by atoms with van der Waals surface area (Å²) in [5, 5.41) is 18.9. The lowest BCUT2D eigenvalue weighted by Gasteiger charge is -2.37. The van der Waals surface area contributed by atoms with Gasteiger partial charge in [-0.15, -0.1) is 0 Å². The minimum Gasteiger partial charge on any atom is -0.507 e. The third-order valence-corrected chi connectivity index (χ3v) is 3.68. The quantitative estimate of drug-likeness (QED) is 0.880. The number of carbonyl (C=O) groups is 1. The van der Waals surface area contributed by atoms with Crippen LogP contribution in [0.15, 0.2) is 18.2 Å². The molecule has 1 fully saturated rings. The fourth-order valence-corrected chi connectivity index (χ4v) is 2.38. The van der Waals surface area contributed by atoms with Gasteiger partial charge in [-0.3, -0.25) is 4.79 Å². The minimum absolute atomic E-state index is 0.0283. The summed E-state index contributed by atoms with van der Waals surface area (Å²) in [6.45, 7) is -1.08. The number of rotatable bonds is 2. The summed E-state index contributed by atoms with van der Waals surface area (Å²) in [5.41, 5.74) is -0.0283. The lowest BCUT2D eigenvalue weighted by atomic mass is 9.93. The fourth-order valence-electron chi connectivity index (χ4n) is 2.20. The van der Waals surface area contributed by atoms with Gasteiger partial charge in [0, 0.05) is 24.5 Å². The maximum Gasteiger partial charge on any atom is 0.257 e. The lowest BCUT2D eigenvalue weighted by Crippen LogP contribution is -2.50. The van der Waals surface area contributed by atoms with Gasteiger partial charge in [0.2, 0.25) is 0 Å². The van der Waals surface area contributed by atoms with E-state index in [2.05, 4.69) is 0 Å². The molecule has 2 N–H and O–H groups in total. The second kappa shape index (κ2) is 5.54. The van der Waals surface area contributed by atoms with Crippen LogP contribution in [-0.2, 0) is 0 Å². The molecule has 0 aromatic heterocycles. The van der Waals surface area contributed by atoms with E-state index in [1.807, 2.05) is 0 Å². The Morgan fingerprint density at radius 1 is 1.50 bits per heavy atom. The second-order valence-corrected chi connectivity index (χ2v) is 5.24. The maximum atomic E-state index is 13.5. The van der Waals surface area contributed by atoms with Crippen molar-refractivity contribution in [2.24, 2.45) is 5.92 Å². The van der Waals surface area contributed by atoms with Crippen LogP contribution in [0.4, 0.5) is 8.78 Å². The Labute approximate surface area is 119 Å². The summed E-state index contributed by atoms with van der Waals surface area (Å²) < 4.78 is 27.0. The van der Waals surface area contributed by atoms with E-state index >= 15 is 0 Å². The predicted octanol–water partition coefficient (Wildman–Crippen LogP) is 2.14. The number of hydrogen-bond acceptors (Lipinski definition) is 3. The molecule has 1 aliphatic heterocycles. The van der Waals surface area contributed by atoms with Crippen molar-refractivity contribution in [3.8, 4) is 5.75 Å². The number of aliphatic hydroxyl groups is 1. The highest BCUT2D eigenvalue weighted by molar-refractivity contribution is 6.31. The van der Waals surface area contributed by atoms with Crippen molar-refractivity contribution in [1.29, 1.82) is 0 Å². The van der Waals surface area contributed by atoms with Gasteiger partial charge in [0.1, 0.15) is 5.75 Å². The molecular formula is C13H14ClF2NO3. The molecule has 4 nitrogen and oxygen atoms in total. The fraction of sp³-hybridized carbons (Fsp3) is 0.462. The highest BCUT2D eigenvalue weighted by atomic mass is 35.5. The number of likely N-dealkylation sites (tertiary alicyclic amines) is 1. The van der Waals surface area contributed by atoms with Crippen molar-refractivity contribution < 1.29 is 23.8 Å². The summed E-state index contributed by atoms with van der Waals surface area (Å²) in [6.07, 6.45) is -0.509. The van der Waals surface area contributed by atoms with Crippen LogP contribution in [-0.4, -0.2) is 46.6 Å². The molecule has 2 rings (SSSR count). The Balaban J connectivity index is 2.20. The number of aliphatic hydroxyl groups excluding tert-OH is 1. The number of benzene rings is 1. The van der Waals surface area contributed by atoms with Gasteiger partial charge < -0.3 is 15.1 Å². The summed E-state index contributed by atoms with van der Waals surface area (Å²) in [7, 11) is 0. The molecule has 1 saturated heterocycles. The first-order chi connectivity index (χ1) is 9.35. The number of phenolic OH excluding ortho intramolecular Hbond substituents is 1. The van der Waals surface area contributed by atoms with E-state index < -0.39 is 30.8 Å². The third kappa shape index (κ3) is 2.86. The zero-order chi connectivity index (χ0) is 14.9. The summed E-state index contributed by atoms with van der Waals surface area (Å²) in [4.78, 5) is 13.4. The van der Waals surface area contributed by atoms with Crippen LogP contribution in [0.2, 0.25) is 5.02 Å². The monoisotopic (exact) mass is 305 g/mol. The van der Waals surface area contributed by atoms with Gasteiger partial charge in [-0.2, -0.15) is 0 Å². The number of amides is 1. The SMILES string of the molecule is O=C(c1cc(Cl)ccc1O)N1CCC(F)(F)C(CO)C1. The number of nitrogens with zero attached hydrogens (tertiary/aromatic N) is 1. The van der Waals surface area contributed by atoms with Gasteiger partial charge in [0.25, 0.3) is 11.8 Å². The van der Waals surface area contributed by atoms with Gasteiger partial charge >= 0.3 is 0 Å². The third-order valence-electron chi connectivity index (χ3n) is 3.45. The zero-order valence-electron chi connectivity index (χ0n) is 10.5. The largest absolute Gasteiger partial charge is 0.507 e. The normalized spacial score (nSPS) is 21.8. The maximum absolute atomic E-state index is 13.5. The van der Waals surface area contributed by atoms with Gasteiger partial charge in [-0.05, 0) is 18.2 Å². The van der Waals surface area contributed by atoms with Crippen molar-refractivity contribution in [3.63, 3.8) is 0 Å². The topological polar surface area (TPSA) is 60.8 Å². The zero-order valence-corrected chi connectivity index (χ0v) is 11.3. The van der Waals surface area contributed by atoms with E-state index in [4.69, 9.17) is 16.7 Å². The van der Waals surface area contributed by atoms with Crippen LogP contribution in [0.5, 0.6) is 5.75 Å². The first-order valence-corrected chi connectivity index (χ1v) is 6.49. The first-order valence-electron chi connectivity index (χ1n) is 6.11. The van der Waals surface area contributed by atoms with Crippen LogP contribution >= 0.6 is 11.6 Å². The van der Waals surface area contributed by atoms with E-state index in [0.29, 0.717) is 0 Å². The summed E-state index contributed by atoms with van der Waals surface area (Å²) in [6, 6.07) is 3.99. The first kappa shape index (κ1) is 15.0. The van der Waals surface area contributed by atoms with Gasteiger partial charge in [-0.25, -0.2) is 8.78 Å². The molecule has 1 heterocycles. The smallest absolute Gasteiger partial charge is 0.257 e. The molecule has 7 heteroatoms. The van der Waals surface area contributed by atoms with Crippen LogP contribution in [0, 0.1) is 5.92 Å². The molecule has 0 saturated carbocycles. The van der Waals surface area contributed by atoms with Gasteiger partial charge in [0.05, 0.1) is 18.1 Å². The second-order valence-electron chi connectivity index (χ2n) is 4.80. The van der Waals surface area contributed by atoms with Crippen LogP contribution in [0.1, 0.15) is 16.8 Å². The van der Waals surface area contributed by atoms with Crippen molar-refractivity contribution in [1.82, 2.24) is 4.90 Å². The van der Waals surface area contributed by atoms with Crippen molar-refractivity contribution in [2.45, 2.75) is 12.3 Å². The standard InChI is InChI=1S/C13H14ClF2NO3/c14-9-1-2-11(19)10(5-9)12(20)17-4-3-13(15,16)8(6-17)7-18/h1-2,5,8,18-19H,3-4,6-7H2. The Hall–Kier alpha value is -1.40. The lowest BCUT2D eigenvalue weighted by molar-refractivity contribution is -0.113. The Morgan fingerprint density at radius 3 is 2.85 bits per heavy atom. The molecule has 1 amide bonds. The average molecular weight is 306 g/mol. The van der Waals surface area contributed by atoms with Gasteiger partial charge in [-0.1, -0.05) is 11.6 Å². The molecule has 0 spiro atoms. The average Bonchev–Trinajstić information content (AvgIpc) is 2.40. The van der Waals surface area contributed by atoms with E-state index in [-0.39, 0.29) is 29.4 Å². The molecular weight excluding hydrogens is 292 g/mol. The molecule has 1 unspecified atom stereocenters. The molecule has 0 bridgehead atoms. The molecule has 20 heavy (non-hydrogen) atoms. The number of alkyl halides is 2. The van der Waals surface area contributed by atoms with Crippen molar-refractivity contribution >= 4 is 17.5 Å². The van der Waals surface area contributed by atoms with E-state index in [9.17, 15) is 18.7 Å². The number of aromatic hydroxyl groups is 1.